The van der Waals surface area contributed by atoms with Crippen LogP contribution in [0.5, 0.6) is 0 Å². The van der Waals surface area contributed by atoms with Gasteiger partial charge >= 0.3 is 6.09 Å². The van der Waals surface area contributed by atoms with Crippen LogP contribution in [0.4, 0.5) is 4.79 Å². The lowest BCUT2D eigenvalue weighted by Crippen LogP contribution is -2.51. The number of nitrogens with zero attached hydrogens (tertiary/aromatic N) is 3. The van der Waals surface area contributed by atoms with Crippen molar-refractivity contribution in [1.82, 2.24) is 14.8 Å². The van der Waals surface area contributed by atoms with Gasteiger partial charge in [0.25, 0.3) is 5.91 Å². The normalized spacial score (nSPS) is 20.3. The average Bonchev–Trinajstić information content (AvgIpc) is 2.56. The standard InChI is InChI=1S/C15H19N3O3/c19-14(13-4-1-2-7-16-13)17-9-5-12(6-10-17)18-8-3-11-21-15(18)20/h1-2,4,7,12H,3,5-6,8-11H2. The van der Waals surface area contributed by atoms with Gasteiger partial charge in [-0.1, -0.05) is 6.07 Å². The van der Waals surface area contributed by atoms with E-state index in [2.05, 4.69) is 4.98 Å². The number of hydrogen-bond acceptors (Lipinski definition) is 4. The van der Waals surface area contributed by atoms with Gasteiger partial charge < -0.3 is 14.5 Å². The Morgan fingerprint density at radius 2 is 2.05 bits per heavy atom. The molecule has 6 heteroatoms. The summed E-state index contributed by atoms with van der Waals surface area (Å²) in [7, 11) is 0. The SMILES string of the molecule is O=C(c1ccccn1)N1CCC(N2CCCOC2=O)CC1. The number of aromatic nitrogens is 1. The van der Waals surface area contributed by atoms with E-state index >= 15 is 0 Å². The van der Waals surface area contributed by atoms with Crippen LogP contribution in [-0.4, -0.2) is 59.1 Å². The molecule has 0 aliphatic carbocycles. The number of amides is 2. The largest absolute Gasteiger partial charge is 0.449 e. The number of rotatable bonds is 2. The van der Waals surface area contributed by atoms with E-state index in [-0.39, 0.29) is 18.0 Å². The summed E-state index contributed by atoms with van der Waals surface area (Å²) in [5, 5.41) is 0. The highest BCUT2D eigenvalue weighted by atomic mass is 16.6. The van der Waals surface area contributed by atoms with Crippen LogP contribution in [0.3, 0.4) is 0 Å². The summed E-state index contributed by atoms with van der Waals surface area (Å²) in [6.45, 7) is 2.59. The van der Waals surface area contributed by atoms with Gasteiger partial charge in [-0.2, -0.15) is 0 Å². The van der Waals surface area contributed by atoms with E-state index in [9.17, 15) is 9.59 Å². The summed E-state index contributed by atoms with van der Waals surface area (Å²) in [6.07, 6.45) is 3.90. The number of pyridine rings is 1. The zero-order valence-corrected chi connectivity index (χ0v) is 11.9. The number of piperidine rings is 1. The number of hydrogen-bond donors (Lipinski definition) is 0. The van der Waals surface area contributed by atoms with Crippen molar-refractivity contribution < 1.29 is 14.3 Å². The lowest BCUT2D eigenvalue weighted by molar-refractivity contribution is 0.0355. The van der Waals surface area contributed by atoms with Gasteiger partial charge in [-0.05, 0) is 31.4 Å². The summed E-state index contributed by atoms with van der Waals surface area (Å²) < 4.78 is 5.08. The van der Waals surface area contributed by atoms with Crippen molar-refractivity contribution in [2.24, 2.45) is 0 Å². The fraction of sp³-hybridized carbons (Fsp3) is 0.533. The Balaban J connectivity index is 1.58. The molecule has 2 saturated heterocycles. The van der Waals surface area contributed by atoms with Gasteiger partial charge in [-0.15, -0.1) is 0 Å². The van der Waals surface area contributed by atoms with E-state index in [0.29, 0.717) is 25.4 Å². The fourth-order valence-electron chi connectivity index (χ4n) is 2.93. The fourth-order valence-corrected chi connectivity index (χ4v) is 2.93. The van der Waals surface area contributed by atoms with Crippen molar-refractivity contribution in [3.63, 3.8) is 0 Å². The van der Waals surface area contributed by atoms with Crippen molar-refractivity contribution >= 4 is 12.0 Å². The Bertz CT molecular complexity index is 512. The molecule has 0 saturated carbocycles. The molecule has 2 fully saturated rings. The highest BCUT2D eigenvalue weighted by Crippen LogP contribution is 2.20. The Hall–Kier alpha value is -2.11. The van der Waals surface area contributed by atoms with Gasteiger partial charge in [0.1, 0.15) is 5.69 Å². The Labute approximate surface area is 123 Å². The average molecular weight is 289 g/mol. The molecule has 3 heterocycles. The first-order valence-electron chi connectivity index (χ1n) is 7.39. The minimum absolute atomic E-state index is 0.0322. The molecular weight excluding hydrogens is 270 g/mol. The van der Waals surface area contributed by atoms with Crippen LogP contribution in [0, 0.1) is 0 Å². The molecular formula is C15H19N3O3. The molecule has 0 atom stereocenters. The molecule has 0 N–H and O–H groups in total. The summed E-state index contributed by atoms with van der Waals surface area (Å²) in [5.41, 5.74) is 0.480. The number of likely N-dealkylation sites (tertiary alicyclic amines) is 1. The minimum Gasteiger partial charge on any atom is -0.449 e. The molecule has 21 heavy (non-hydrogen) atoms. The molecule has 2 aliphatic rings. The van der Waals surface area contributed by atoms with Gasteiger partial charge in [-0.25, -0.2) is 4.79 Å². The van der Waals surface area contributed by atoms with Crippen LogP contribution < -0.4 is 0 Å². The molecule has 6 nitrogen and oxygen atoms in total. The molecule has 0 aromatic carbocycles. The van der Waals surface area contributed by atoms with Gasteiger partial charge in [0.05, 0.1) is 6.61 Å². The zero-order valence-electron chi connectivity index (χ0n) is 11.9. The van der Waals surface area contributed by atoms with Crippen LogP contribution in [-0.2, 0) is 4.74 Å². The Kier molecular flexibility index (Phi) is 4.03. The quantitative estimate of drug-likeness (QED) is 0.828. The zero-order chi connectivity index (χ0) is 14.7. The predicted molar refractivity (Wildman–Crippen MR) is 75.8 cm³/mol. The molecule has 1 aromatic rings. The highest BCUT2D eigenvalue weighted by molar-refractivity contribution is 5.92. The van der Waals surface area contributed by atoms with E-state index in [0.717, 1.165) is 25.8 Å². The van der Waals surface area contributed by atoms with Crippen LogP contribution >= 0.6 is 0 Å². The second-order valence-corrected chi connectivity index (χ2v) is 5.40. The molecule has 0 spiro atoms. The molecule has 2 amide bonds. The molecule has 3 rings (SSSR count). The third kappa shape index (κ3) is 2.99. The van der Waals surface area contributed by atoms with E-state index in [4.69, 9.17) is 4.74 Å². The van der Waals surface area contributed by atoms with Crippen molar-refractivity contribution in [3.05, 3.63) is 30.1 Å². The third-order valence-electron chi connectivity index (χ3n) is 4.08. The van der Waals surface area contributed by atoms with Crippen molar-refractivity contribution in [3.8, 4) is 0 Å². The Morgan fingerprint density at radius 3 is 2.71 bits per heavy atom. The van der Waals surface area contributed by atoms with Gasteiger partial charge in [0.15, 0.2) is 0 Å². The van der Waals surface area contributed by atoms with Crippen LogP contribution in [0.2, 0.25) is 0 Å². The maximum Gasteiger partial charge on any atom is 0.410 e. The summed E-state index contributed by atoms with van der Waals surface area (Å²) >= 11 is 0. The third-order valence-corrected chi connectivity index (χ3v) is 4.08. The molecule has 112 valence electrons. The van der Waals surface area contributed by atoms with E-state index in [1.807, 2.05) is 15.9 Å². The van der Waals surface area contributed by atoms with Crippen molar-refractivity contribution in [2.75, 3.05) is 26.2 Å². The van der Waals surface area contributed by atoms with Gasteiger partial charge in [0.2, 0.25) is 0 Å². The molecule has 2 aliphatic heterocycles. The first-order valence-corrected chi connectivity index (χ1v) is 7.39. The van der Waals surface area contributed by atoms with Crippen molar-refractivity contribution in [1.29, 1.82) is 0 Å². The minimum atomic E-state index is -0.212. The van der Waals surface area contributed by atoms with E-state index in [1.165, 1.54) is 0 Å². The smallest absolute Gasteiger partial charge is 0.410 e. The maximum atomic E-state index is 12.3. The maximum absolute atomic E-state index is 12.3. The number of ether oxygens (including phenoxy) is 1. The highest BCUT2D eigenvalue weighted by Gasteiger charge is 2.32. The molecule has 0 unspecified atom stereocenters. The first kappa shape index (κ1) is 13.9. The first-order chi connectivity index (χ1) is 10.3. The predicted octanol–water partition coefficient (Wildman–Crippen LogP) is 1.53. The Morgan fingerprint density at radius 1 is 1.24 bits per heavy atom. The molecule has 0 bridgehead atoms. The van der Waals surface area contributed by atoms with Crippen LogP contribution in [0.15, 0.2) is 24.4 Å². The number of carbonyl (C=O) groups excluding carboxylic acids is 2. The monoisotopic (exact) mass is 289 g/mol. The molecule has 1 aromatic heterocycles. The molecule has 0 radical (unpaired) electrons. The number of cyclic esters (lactones) is 1. The second-order valence-electron chi connectivity index (χ2n) is 5.40. The summed E-state index contributed by atoms with van der Waals surface area (Å²) in [5.74, 6) is -0.0322. The van der Waals surface area contributed by atoms with Gasteiger partial charge in [-0.3, -0.25) is 9.78 Å². The summed E-state index contributed by atoms with van der Waals surface area (Å²) in [4.78, 5) is 31.8. The van der Waals surface area contributed by atoms with Crippen molar-refractivity contribution in [2.45, 2.75) is 25.3 Å². The number of carbonyl (C=O) groups is 2. The second kappa shape index (κ2) is 6.11. The topological polar surface area (TPSA) is 62.7 Å². The van der Waals surface area contributed by atoms with Gasteiger partial charge in [0, 0.05) is 31.9 Å². The lowest BCUT2D eigenvalue weighted by atomic mass is 10.0. The van der Waals surface area contributed by atoms with Crippen LogP contribution in [0.1, 0.15) is 29.8 Å². The lowest BCUT2D eigenvalue weighted by Gasteiger charge is -2.39. The van der Waals surface area contributed by atoms with E-state index in [1.54, 1.807) is 18.3 Å². The van der Waals surface area contributed by atoms with E-state index < -0.39 is 0 Å². The van der Waals surface area contributed by atoms with Crippen LogP contribution in [0.25, 0.3) is 0 Å². The summed E-state index contributed by atoms with van der Waals surface area (Å²) in [6, 6.07) is 5.53.